The standard InChI is InChI=1S/C26H36O9/c1-14-3-7-26-13-33-23(31)17(26)9-16(34-24-22(30)21(29)20(28)18(11-27)35-24)10-19(26)25(14,2)6-4-15-5-8-32-12-15/h5,8-9,12,14,16,18-22,24,27-30H,3-4,6-7,10-11,13H2,1-2H3/t14-,16-,18-,19-,20-,21+,22-,24-,25-,26-/m1/s1. The number of hydrogen-bond acceptors (Lipinski definition) is 9. The Balaban J connectivity index is 1.43. The molecule has 1 saturated carbocycles. The Bertz CT molecular complexity index is 943. The van der Waals surface area contributed by atoms with E-state index in [4.69, 9.17) is 18.6 Å². The predicted octanol–water partition coefficient (Wildman–Crippen LogP) is 1.32. The lowest BCUT2D eigenvalue weighted by molar-refractivity contribution is -0.310. The van der Waals surface area contributed by atoms with Crippen molar-refractivity contribution in [1.82, 2.24) is 0 Å². The van der Waals surface area contributed by atoms with Gasteiger partial charge in [0.1, 0.15) is 31.0 Å². The molecule has 5 rings (SSSR count). The molecule has 1 aromatic heterocycles. The number of carbonyl (C=O) groups is 1. The van der Waals surface area contributed by atoms with Gasteiger partial charge in [-0.05, 0) is 67.1 Å². The zero-order chi connectivity index (χ0) is 25.0. The Morgan fingerprint density at radius 1 is 1.20 bits per heavy atom. The van der Waals surface area contributed by atoms with Crippen LogP contribution in [-0.4, -0.2) is 76.4 Å². The molecule has 4 N–H and O–H groups in total. The highest BCUT2D eigenvalue weighted by Crippen LogP contribution is 2.64. The Labute approximate surface area is 204 Å². The van der Waals surface area contributed by atoms with Crippen LogP contribution in [0.3, 0.4) is 0 Å². The maximum absolute atomic E-state index is 12.8. The third-order valence-corrected chi connectivity index (χ3v) is 9.34. The van der Waals surface area contributed by atoms with Gasteiger partial charge in [-0.15, -0.1) is 0 Å². The summed E-state index contributed by atoms with van der Waals surface area (Å²) >= 11 is 0. The van der Waals surface area contributed by atoms with Crippen LogP contribution < -0.4 is 0 Å². The lowest BCUT2D eigenvalue weighted by atomic mass is 9.46. The first-order valence-corrected chi connectivity index (χ1v) is 12.6. The second-order valence-corrected chi connectivity index (χ2v) is 11.0. The molecule has 2 aliphatic carbocycles. The molecule has 0 bridgehead atoms. The fourth-order valence-corrected chi connectivity index (χ4v) is 6.93. The van der Waals surface area contributed by atoms with Gasteiger partial charge in [0, 0.05) is 11.0 Å². The van der Waals surface area contributed by atoms with E-state index in [1.54, 1.807) is 18.6 Å². The first-order chi connectivity index (χ1) is 16.7. The van der Waals surface area contributed by atoms with Crippen molar-refractivity contribution in [2.75, 3.05) is 13.2 Å². The van der Waals surface area contributed by atoms with Crippen LogP contribution in [0.15, 0.2) is 34.7 Å². The van der Waals surface area contributed by atoms with Crippen LogP contribution in [0.25, 0.3) is 0 Å². The fourth-order valence-electron chi connectivity index (χ4n) is 6.93. The van der Waals surface area contributed by atoms with Gasteiger partial charge < -0.3 is 39.1 Å². The molecule has 0 radical (unpaired) electrons. The SMILES string of the molecule is C[C@@H]1CC[C@@]23COC(=O)C2=C[C@@H](O[C@@H]2O[C@H](CO)[C@@H](O)[C@H](O)[C@H]2O)C[C@@H]3[C@]1(C)CCc1ccoc1. The molecule has 0 amide bonds. The Morgan fingerprint density at radius 3 is 2.71 bits per heavy atom. The minimum atomic E-state index is -1.52. The van der Waals surface area contributed by atoms with Gasteiger partial charge in [0.15, 0.2) is 6.29 Å². The summed E-state index contributed by atoms with van der Waals surface area (Å²) in [5.74, 6) is 0.170. The van der Waals surface area contributed by atoms with Crippen molar-refractivity contribution in [3.05, 3.63) is 35.8 Å². The summed E-state index contributed by atoms with van der Waals surface area (Å²) in [7, 11) is 0. The van der Waals surface area contributed by atoms with Crippen molar-refractivity contribution >= 4 is 5.97 Å². The van der Waals surface area contributed by atoms with E-state index in [9.17, 15) is 25.2 Å². The minimum absolute atomic E-state index is 0.0898. The average molecular weight is 493 g/mol. The van der Waals surface area contributed by atoms with E-state index < -0.39 is 43.4 Å². The molecule has 3 heterocycles. The number of hydrogen-bond donors (Lipinski definition) is 4. The van der Waals surface area contributed by atoms with Crippen molar-refractivity contribution in [1.29, 1.82) is 0 Å². The topological polar surface area (TPSA) is 139 Å². The summed E-state index contributed by atoms with van der Waals surface area (Å²) in [6.07, 6.45) is 2.12. The zero-order valence-electron chi connectivity index (χ0n) is 20.2. The van der Waals surface area contributed by atoms with E-state index in [1.807, 2.05) is 6.07 Å². The summed E-state index contributed by atoms with van der Waals surface area (Å²) < 4.78 is 22.6. The molecule has 9 nitrogen and oxygen atoms in total. The molecular weight excluding hydrogens is 456 g/mol. The average Bonchev–Trinajstić information content (AvgIpc) is 3.49. The van der Waals surface area contributed by atoms with Gasteiger partial charge in [-0.1, -0.05) is 13.8 Å². The maximum atomic E-state index is 12.8. The van der Waals surface area contributed by atoms with Gasteiger partial charge in [-0.2, -0.15) is 0 Å². The van der Waals surface area contributed by atoms with E-state index in [1.165, 1.54) is 0 Å². The maximum Gasteiger partial charge on any atom is 0.334 e. The number of aliphatic hydroxyl groups excluding tert-OH is 4. The van der Waals surface area contributed by atoms with Crippen molar-refractivity contribution in [2.45, 2.75) is 82.8 Å². The third kappa shape index (κ3) is 4.06. The first-order valence-electron chi connectivity index (χ1n) is 12.6. The van der Waals surface area contributed by atoms with Gasteiger partial charge in [-0.25, -0.2) is 4.79 Å². The number of aliphatic hydroxyl groups is 4. The van der Waals surface area contributed by atoms with Gasteiger partial charge in [0.25, 0.3) is 0 Å². The van der Waals surface area contributed by atoms with E-state index >= 15 is 0 Å². The number of cyclic esters (lactones) is 1. The van der Waals surface area contributed by atoms with Crippen molar-refractivity contribution < 1.29 is 43.8 Å². The quantitative estimate of drug-likeness (QED) is 0.433. The second kappa shape index (κ2) is 9.28. The Kier molecular flexibility index (Phi) is 6.61. The number of furan rings is 1. The van der Waals surface area contributed by atoms with E-state index in [0.29, 0.717) is 24.5 Å². The number of aryl methyl sites for hydroxylation is 1. The highest BCUT2D eigenvalue weighted by atomic mass is 16.7. The third-order valence-electron chi connectivity index (χ3n) is 9.34. The molecule has 0 aromatic carbocycles. The van der Waals surface area contributed by atoms with Crippen LogP contribution in [0.2, 0.25) is 0 Å². The van der Waals surface area contributed by atoms with Crippen molar-refractivity contribution in [3.63, 3.8) is 0 Å². The van der Waals surface area contributed by atoms with Crippen LogP contribution in [0, 0.1) is 22.7 Å². The number of carbonyl (C=O) groups excluding carboxylic acids is 1. The summed E-state index contributed by atoms with van der Waals surface area (Å²) in [5.41, 5.74) is 1.28. The highest BCUT2D eigenvalue weighted by molar-refractivity contribution is 5.93. The normalized spacial score (nSPS) is 45.4. The Morgan fingerprint density at radius 2 is 2.00 bits per heavy atom. The highest BCUT2D eigenvalue weighted by Gasteiger charge is 2.62. The molecule has 0 unspecified atom stereocenters. The largest absolute Gasteiger partial charge is 0.472 e. The molecule has 10 atom stereocenters. The molecule has 4 aliphatic rings. The number of ether oxygens (including phenoxy) is 3. The minimum Gasteiger partial charge on any atom is -0.472 e. The van der Waals surface area contributed by atoms with Crippen molar-refractivity contribution in [3.8, 4) is 0 Å². The molecule has 2 saturated heterocycles. The molecule has 2 aliphatic heterocycles. The van der Waals surface area contributed by atoms with Gasteiger partial charge >= 0.3 is 5.97 Å². The van der Waals surface area contributed by atoms with Crippen LogP contribution in [0.5, 0.6) is 0 Å². The van der Waals surface area contributed by atoms with E-state index in [0.717, 1.165) is 31.2 Å². The lowest BCUT2D eigenvalue weighted by Crippen LogP contribution is -2.60. The summed E-state index contributed by atoms with van der Waals surface area (Å²) in [6, 6.07) is 1.98. The summed E-state index contributed by atoms with van der Waals surface area (Å²) in [5, 5.41) is 40.3. The number of esters is 1. The Hall–Kier alpha value is -1.75. The smallest absolute Gasteiger partial charge is 0.334 e. The fraction of sp³-hybridized carbons (Fsp3) is 0.731. The first kappa shape index (κ1) is 24.9. The van der Waals surface area contributed by atoms with Gasteiger partial charge in [0.05, 0.1) is 25.2 Å². The monoisotopic (exact) mass is 492 g/mol. The van der Waals surface area contributed by atoms with E-state index in [-0.39, 0.29) is 22.7 Å². The van der Waals surface area contributed by atoms with Gasteiger partial charge in [-0.3, -0.25) is 0 Å². The summed E-state index contributed by atoms with van der Waals surface area (Å²) in [4.78, 5) is 12.8. The van der Waals surface area contributed by atoms with Gasteiger partial charge in [0.2, 0.25) is 0 Å². The molecule has 9 heteroatoms. The zero-order valence-corrected chi connectivity index (χ0v) is 20.2. The second-order valence-electron chi connectivity index (χ2n) is 11.0. The molecular formula is C26H36O9. The van der Waals surface area contributed by atoms with E-state index in [2.05, 4.69) is 13.8 Å². The van der Waals surface area contributed by atoms with Crippen LogP contribution in [0.1, 0.15) is 45.1 Å². The predicted molar refractivity (Wildman–Crippen MR) is 122 cm³/mol. The number of rotatable bonds is 6. The molecule has 194 valence electrons. The van der Waals surface area contributed by atoms with Crippen LogP contribution in [-0.2, 0) is 25.4 Å². The lowest BCUT2D eigenvalue weighted by Gasteiger charge is -2.57. The molecule has 35 heavy (non-hydrogen) atoms. The molecule has 3 fully saturated rings. The van der Waals surface area contributed by atoms with Crippen LogP contribution in [0.4, 0.5) is 0 Å². The molecule has 1 spiro atoms. The molecule has 1 aromatic rings. The van der Waals surface area contributed by atoms with Crippen LogP contribution >= 0.6 is 0 Å². The van der Waals surface area contributed by atoms with Crippen molar-refractivity contribution in [2.24, 2.45) is 22.7 Å². The summed E-state index contributed by atoms with van der Waals surface area (Å²) in [6.45, 7) is 4.40.